The number of rotatable bonds is 4. The van der Waals surface area contributed by atoms with E-state index in [4.69, 9.17) is 9.15 Å². The molecule has 3 heterocycles. The standard InChI is InChI=1S/C12H13I2NO3/c1-6-4-8-9(5-7(6)17-8)18-11(16)12(2,13-3)10-14-15-10/h4-5,10,15H,1-3H3/q-2. The van der Waals surface area contributed by atoms with Crippen molar-refractivity contribution in [2.45, 2.75) is 21.3 Å². The summed E-state index contributed by atoms with van der Waals surface area (Å²) in [4.78, 5) is 14.5. The third-order valence-corrected chi connectivity index (χ3v) is 10.1. The van der Waals surface area contributed by atoms with E-state index in [9.17, 15) is 4.79 Å². The van der Waals surface area contributed by atoms with Crippen LogP contribution in [0.1, 0.15) is 12.5 Å². The second kappa shape index (κ2) is 4.48. The number of carbonyl (C=O) groups is 1. The van der Waals surface area contributed by atoms with Gasteiger partial charge in [-0.05, 0) is 0 Å². The number of esters is 1. The maximum atomic E-state index is 12.3. The summed E-state index contributed by atoms with van der Waals surface area (Å²) >= 11 is -0.195. The molecule has 0 radical (unpaired) electrons. The first-order valence-corrected chi connectivity index (χ1v) is 11.0. The van der Waals surface area contributed by atoms with Crippen LogP contribution in [0.25, 0.3) is 11.2 Å². The van der Waals surface area contributed by atoms with Crippen molar-refractivity contribution in [2.75, 3.05) is 4.93 Å². The SMILES string of the molecule is C[I-]C(C)(C(=O)Oc1cc2oc1cc2C)C1N[I-]1. The molecule has 1 aliphatic rings. The van der Waals surface area contributed by atoms with Crippen LogP contribution in [-0.2, 0) is 4.79 Å². The summed E-state index contributed by atoms with van der Waals surface area (Å²) < 4.78 is 14.5. The van der Waals surface area contributed by atoms with Crippen LogP contribution in [0.5, 0.6) is 5.75 Å². The van der Waals surface area contributed by atoms with Gasteiger partial charge >= 0.3 is 127 Å². The van der Waals surface area contributed by atoms with Crippen LogP contribution in [0, 0.1) is 6.92 Å². The first-order chi connectivity index (χ1) is 8.54. The van der Waals surface area contributed by atoms with E-state index in [-0.39, 0.29) is 52.1 Å². The predicted octanol–water partition coefficient (Wildman–Crippen LogP) is -4.50. The molecule has 1 N–H and O–H groups in total. The summed E-state index contributed by atoms with van der Waals surface area (Å²) in [5.41, 5.74) is 2.56. The Balaban J connectivity index is 1.81. The second-order valence-corrected chi connectivity index (χ2v) is 10.2. The molecule has 2 atom stereocenters. The molecule has 18 heavy (non-hydrogen) atoms. The van der Waals surface area contributed by atoms with Crippen LogP contribution in [0.2, 0.25) is 0 Å². The fourth-order valence-electron chi connectivity index (χ4n) is 1.74. The zero-order valence-electron chi connectivity index (χ0n) is 10.2. The van der Waals surface area contributed by atoms with Crippen LogP contribution < -0.4 is 51.0 Å². The predicted molar refractivity (Wildman–Crippen MR) is 59.0 cm³/mol. The van der Waals surface area contributed by atoms with Gasteiger partial charge in [-0.25, -0.2) is 0 Å². The Kier molecular flexibility index (Phi) is 3.22. The maximum absolute atomic E-state index is 12.3. The van der Waals surface area contributed by atoms with Crippen LogP contribution in [0.3, 0.4) is 0 Å². The number of hydrogen-bond donors (Lipinski definition) is 1. The third kappa shape index (κ3) is 2.01. The van der Waals surface area contributed by atoms with Crippen molar-refractivity contribution in [1.82, 2.24) is 3.53 Å². The monoisotopic (exact) mass is 473 g/mol. The first kappa shape index (κ1) is 12.9. The molecule has 4 nitrogen and oxygen atoms in total. The van der Waals surface area contributed by atoms with E-state index in [2.05, 4.69) is 8.46 Å². The van der Waals surface area contributed by atoms with Gasteiger partial charge in [-0.2, -0.15) is 0 Å². The molecule has 3 rings (SSSR count). The number of carbonyl (C=O) groups excluding carboxylic acids is 1. The molecule has 2 aromatic rings. The number of fused-ring (bicyclic) bond motifs is 2. The van der Waals surface area contributed by atoms with E-state index in [1.807, 2.05) is 26.0 Å². The molecule has 2 aromatic heterocycles. The fourth-order valence-corrected chi connectivity index (χ4v) is 7.60. The average molecular weight is 473 g/mol. The minimum absolute atomic E-state index is 0.0135. The minimum atomic E-state index is -0.293. The molecule has 1 fully saturated rings. The number of hydrogen-bond acceptors (Lipinski definition) is 4. The van der Waals surface area contributed by atoms with Gasteiger partial charge in [0.25, 0.3) is 0 Å². The quantitative estimate of drug-likeness (QED) is 0.0927. The van der Waals surface area contributed by atoms with Gasteiger partial charge in [0, 0.05) is 0 Å². The van der Waals surface area contributed by atoms with E-state index in [0.717, 1.165) is 11.1 Å². The Morgan fingerprint density at radius 1 is 1.56 bits per heavy atom. The van der Waals surface area contributed by atoms with Crippen LogP contribution in [-0.4, -0.2) is 18.4 Å². The summed E-state index contributed by atoms with van der Waals surface area (Å²) in [5, 5.41) is 0. The number of alkyl halides is 3. The molecule has 0 saturated carbocycles. The molecule has 1 aliphatic heterocycles. The van der Waals surface area contributed by atoms with Gasteiger partial charge in [-0.1, -0.05) is 0 Å². The van der Waals surface area contributed by atoms with Gasteiger partial charge in [-0.3, -0.25) is 0 Å². The molecular weight excluding hydrogens is 460 g/mol. The van der Waals surface area contributed by atoms with Gasteiger partial charge in [0.15, 0.2) is 0 Å². The van der Waals surface area contributed by atoms with E-state index in [1.165, 1.54) is 0 Å². The van der Waals surface area contributed by atoms with Crippen molar-refractivity contribution < 1.29 is 56.6 Å². The van der Waals surface area contributed by atoms with Crippen molar-refractivity contribution in [3.63, 3.8) is 0 Å². The summed E-state index contributed by atoms with van der Waals surface area (Å²) in [6.07, 6.45) is 0. The molecule has 6 heteroatoms. The van der Waals surface area contributed by atoms with Crippen LogP contribution >= 0.6 is 0 Å². The van der Waals surface area contributed by atoms with Crippen LogP contribution in [0.15, 0.2) is 16.5 Å². The van der Waals surface area contributed by atoms with E-state index >= 15 is 0 Å². The number of benzene rings is 1. The van der Waals surface area contributed by atoms with Gasteiger partial charge in [-0.15, -0.1) is 0 Å². The second-order valence-electron chi connectivity index (χ2n) is 4.40. The third-order valence-electron chi connectivity index (χ3n) is 3.15. The molecule has 0 aliphatic carbocycles. The van der Waals surface area contributed by atoms with Gasteiger partial charge in [0.1, 0.15) is 0 Å². The van der Waals surface area contributed by atoms with Crippen LogP contribution in [0.4, 0.5) is 0 Å². The molecule has 2 bridgehead atoms. The summed E-state index contributed by atoms with van der Waals surface area (Å²) in [5.74, 6) is 0.470. The van der Waals surface area contributed by atoms with Gasteiger partial charge in [0.2, 0.25) is 0 Å². The Bertz CT molecular complexity index is 593. The number of furan rings is 2. The molecule has 0 amide bonds. The average Bonchev–Trinajstić information content (AvgIpc) is 3.06. The van der Waals surface area contributed by atoms with E-state index in [0.29, 0.717) is 15.4 Å². The molecule has 0 aromatic carbocycles. The zero-order valence-corrected chi connectivity index (χ0v) is 14.5. The Morgan fingerprint density at radius 3 is 2.72 bits per heavy atom. The Morgan fingerprint density at radius 2 is 2.28 bits per heavy atom. The Hall–Kier alpha value is -0.0900. The normalized spacial score (nSPS) is 22.7. The molecule has 2 unspecified atom stereocenters. The fraction of sp³-hybridized carbons (Fsp3) is 0.417. The molecular formula is C12H13I2NO3-2. The topological polar surface area (TPSA) is 61.4 Å². The van der Waals surface area contributed by atoms with E-state index < -0.39 is 0 Å². The van der Waals surface area contributed by atoms with Gasteiger partial charge in [0.05, 0.1) is 0 Å². The number of nitrogens with one attached hydrogen (secondary N) is 1. The first-order valence-electron chi connectivity index (χ1n) is 5.48. The Labute approximate surface area is 126 Å². The summed E-state index contributed by atoms with van der Waals surface area (Å²) in [7, 11) is 0. The number of ether oxygens (including phenoxy) is 1. The zero-order chi connectivity index (χ0) is 12.9. The number of halogens is 2. The summed E-state index contributed by atoms with van der Waals surface area (Å²) in [6.45, 7) is 4.01. The van der Waals surface area contributed by atoms with E-state index in [1.54, 1.807) is 0 Å². The van der Waals surface area contributed by atoms with Gasteiger partial charge < -0.3 is 0 Å². The van der Waals surface area contributed by atoms with Crippen molar-refractivity contribution in [1.29, 1.82) is 0 Å². The molecule has 0 spiro atoms. The van der Waals surface area contributed by atoms with Crippen molar-refractivity contribution >= 4 is 17.1 Å². The van der Waals surface area contributed by atoms with Crippen molar-refractivity contribution in [2.24, 2.45) is 0 Å². The molecule has 1 saturated heterocycles. The van der Waals surface area contributed by atoms with Crippen molar-refractivity contribution in [3.8, 4) is 5.75 Å². The van der Waals surface area contributed by atoms with Crippen molar-refractivity contribution in [3.05, 3.63) is 17.7 Å². The summed E-state index contributed by atoms with van der Waals surface area (Å²) in [6, 6.07) is 3.73. The molecule has 100 valence electrons. The number of aryl methyl sites for hydroxylation is 1.